The van der Waals surface area contributed by atoms with Gasteiger partial charge in [0.05, 0.1) is 5.69 Å². The van der Waals surface area contributed by atoms with E-state index in [1.165, 1.54) is 0 Å². The van der Waals surface area contributed by atoms with Crippen LogP contribution in [0, 0.1) is 13.8 Å². The summed E-state index contributed by atoms with van der Waals surface area (Å²) >= 11 is 1.14. The number of hydrogen-bond acceptors (Lipinski definition) is 4. The lowest BCUT2D eigenvalue weighted by Crippen LogP contribution is -1.97. The van der Waals surface area contributed by atoms with Crippen LogP contribution in [-0.4, -0.2) is 25.7 Å². The second-order valence-electron chi connectivity index (χ2n) is 2.68. The van der Waals surface area contributed by atoms with Gasteiger partial charge in [0.15, 0.2) is 0 Å². The van der Waals surface area contributed by atoms with E-state index < -0.39 is 5.97 Å². The van der Waals surface area contributed by atoms with E-state index in [0.29, 0.717) is 21.4 Å². The summed E-state index contributed by atoms with van der Waals surface area (Å²) in [5.41, 5.74) is 0.633. The SMILES string of the molecule is Cc1nc2sc(C(=O)O)c(C)n2n1. The summed E-state index contributed by atoms with van der Waals surface area (Å²) in [5, 5.41) is 12.9. The molecule has 2 aromatic rings. The summed E-state index contributed by atoms with van der Waals surface area (Å²) in [6.45, 7) is 3.50. The van der Waals surface area contributed by atoms with Crippen molar-refractivity contribution in [2.75, 3.05) is 0 Å². The molecule has 2 heterocycles. The number of aryl methyl sites for hydroxylation is 2. The highest BCUT2D eigenvalue weighted by Crippen LogP contribution is 2.20. The summed E-state index contributed by atoms with van der Waals surface area (Å²) in [5.74, 6) is -0.265. The van der Waals surface area contributed by atoms with E-state index in [1.54, 1.807) is 18.4 Å². The van der Waals surface area contributed by atoms with Gasteiger partial charge in [0.25, 0.3) is 0 Å². The Balaban J connectivity index is 2.76. The molecule has 0 aromatic carbocycles. The number of carbonyl (C=O) groups is 1. The molecule has 5 nitrogen and oxygen atoms in total. The molecule has 0 aliphatic heterocycles. The Bertz CT molecular complexity index is 485. The maximum absolute atomic E-state index is 10.7. The number of carboxylic acid groups (broad SMARTS) is 1. The Morgan fingerprint density at radius 2 is 2.23 bits per heavy atom. The fraction of sp³-hybridized carbons (Fsp3) is 0.286. The van der Waals surface area contributed by atoms with Crippen LogP contribution in [-0.2, 0) is 0 Å². The molecule has 0 atom stereocenters. The van der Waals surface area contributed by atoms with Gasteiger partial charge in [-0.2, -0.15) is 5.10 Å². The van der Waals surface area contributed by atoms with Gasteiger partial charge in [-0.15, -0.1) is 0 Å². The third kappa shape index (κ3) is 1.10. The predicted molar refractivity (Wildman–Crippen MR) is 47.3 cm³/mol. The number of thiazole rings is 1. The van der Waals surface area contributed by atoms with Crippen molar-refractivity contribution in [1.82, 2.24) is 14.6 Å². The van der Waals surface area contributed by atoms with Crippen LogP contribution in [0.4, 0.5) is 0 Å². The van der Waals surface area contributed by atoms with Crippen molar-refractivity contribution in [2.45, 2.75) is 13.8 Å². The maximum atomic E-state index is 10.7. The van der Waals surface area contributed by atoms with Gasteiger partial charge in [-0.05, 0) is 13.8 Å². The van der Waals surface area contributed by atoms with E-state index in [4.69, 9.17) is 5.11 Å². The molecule has 0 saturated heterocycles. The smallest absolute Gasteiger partial charge is 0.347 e. The first-order chi connectivity index (χ1) is 6.09. The van der Waals surface area contributed by atoms with Crippen molar-refractivity contribution < 1.29 is 9.90 Å². The molecular weight excluding hydrogens is 190 g/mol. The van der Waals surface area contributed by atoms with Crippen molar-refractivity contribution >= 4 is 22.3 Å². The molecular formula is C7H7N3O2S. The number of hydrogen-bond donors (Lipinski definition) is 1. The van der Waals surface area contributed by atoms with E-state index in [-0.39, 0.29) is 0 Å². The lowest BCUT2D eigenvalue weighted by atomic mass is 10.4. The highest BCUT2D eigenvalue weighted by Gasteiger charge is 2.16. The second kappa shape index (κ2) is 2.53. The zero-order valence-corrected chi connectivity index (χ0v) is 7.92. The predicted octanol–water partition coefficient (Wildman–Crippen LogP) is 1.11. The second-order valence-corrected chi connectivity index (χ2v) is 3.65. The van der Waals surface area contributed by atoms with Crippen LogP contribution < -0.4 is 0 Å². The quantitative estimate of drug-likeness (QED) is 0.743. The highest BCUT2D eigenvalue weighted by atomic mass is 32.1. The zero-order chi connectivity index (χ0) is 9.59. The van der Waals surface area contributed by atoms with Crippen molar-refractivity contribution in [2.24, 2.45) is 0 Å². The molecule has 0 saturated carbocycles. The largest absolute Gasteiger partial charge is 0.477 e. The van der Waals surface area contributed by atoms with Crippen molar-refractivity contribution in [3.63, 3.8) is 0 Å². The maximum Gasteiger partial charge on any atom is 0.347 e. The molecule has 0 amide bonds. The number of nitrogens with zero attached hydrogens (tertiary/aromatic N) is 3. The molecule has 2 aromatic heterocycles. The number of carboxylic acids is 1. The Hall–Kier alpha value is -1.43. The molecule has 1 N–H and O–H groups in total. The summed E-state index contributed by atoms with van der Waals surface area (Å²) in [7, 11) is 0. The third-order valence-corrected chi connectivity index (χ3v) is 2.84. The minimum absolute atomic E-state index is 0.301. The van der Waals surface area contributed by atoms with Gasteiger partial charge in [0.1, 0.15) is 10.7 Å². The number of aromatic nitrogens is 3. The summed E-state index contributed by atoms with van der Waals surface area (Å²) in [6, 6.07) is 0. The monoisotopic (exact) mass is 197 g/mol. The van der Waals surface area contributed by atoms with Crippen LogP contribution in [0.3, 0.4) is 0 Å². The molecule has 0 unspecified atom stereocenters. The van der Waals surface area contributed by atoms with Gasteiger partial charge in [-0.1, -0.05) is 11.3 Å². The van der Waals surface area contributed by atoms with E-state index in [1.807, 2.05) is 0 Å². The summed E-state index contributed by atoms with van der Waals surface area (Å²) in [6.07, 6.45) is 0. The van der Waals surface area contributed by atoms with E-state index >= 15 is 0 Å². The van der Waals surface area contributed by atoms with Crippen LogP contribution in [0.5, 0.6) is 0 Å². The molecule has 0 aliphatic carbocycles. The van der Waals surface area contributed by atoms with Crippen molar-refractivity contribution in [3.05, 3.63) is 16.4 Å². The first-order valence-corrected chi connectivity index (χ1v) is 4.47. The van der Waals surface area contributed by atoms with Crippen LogP contribution in [0.2, 0.25) is 0 Å². The van der Waals surface area contributed by atoms with Gasteiger partial charge in [-0.25, -0.2) is 14.3 Å². The third-order valence-electron chi connectivity index (χ3n) is 1.72. The highest BCUT2D eigenvalue weighted by molar-refractivity contribution is 7.18. The Morgan fingerprint density at radius 3 is 2.77 bits per heavy atom. The molecule has 13 heavy (non-hydrogen) atoms. The van der Waals surface area contributed by atoms with Crippen molar-refractivity contribution in [1.29, 1.82) is 0 Å². The Labute approximate surface area is 77.6 Å². The average Bonchev–Trinajstić information content (AvgIpc) is 2.51. The molecule has 0 aliphatic rings. The van der Waals surface area contributed by atoms with Gasteiger partial charge < -0.3 is 5.11 Å². The molecule has 2 rings (SSSR count). The first kappa shape index (κ1) is 8.18. The van der Waals surface area contributed by atoms with Crippen molar-refractivity contribution in [3.8, 4) is 0 Å². The minimum atomic E-state index is -0.924. The fourth-order valence-electron chi connectivity index (χ4n) is 1.14. The van der Waals surface area contributed by atoms with Gasteiger partial charge >= 0.3 is 5.97 Å². The average molecular weight is 197 g/mol. The Morgan fingerprint density at radius 1 is 1.54 bits per heavy atom. The molecule has 0 radical (unpaired) electrons. The lowest BCUT2D eigenvalue weighted by molar-refractivity contribution is 0.0701. The molecule has 6 heteroatoms. The number of rotatable bonds is 1. The Kier molecular flexibility index (Phi) is 1.59. The minimum Gasteiger partial charge on any atom is -0.477 e. The number of aromatic carboxylic acids is 1. The van der Waals surface area contributed by atoms with Crippen LogP contribution in [0.1, 0.15) is 21.2 Å². The standard InChI is InChI=1S/C7H7N3O2S/c1-3-5(6(11)12)13-7-8-4(2)9-10(3)7/h1-2H3,(H,11,12). The van der Waals surface area contributed by atoms with Crippen LogP contribution in [0.25, 0.3) is 4.96 Å². The molecule has 0 spiro atoms. The normalized spacial score (nSPS) is 10.9. The summed E-state index contributed by atoms with van der Waals surface area (Å²) < 4.78 is 1.56. The van der Waals surface area contributed by atoms with Crippen LogP contribution in [0.15, 0.2) is 0 Å². The van der Waals surface area contributed by atoms with Gasteiger partial charge in [0, 0.05) is 0 Å². The molecule has 0 fully saturated rings. The van der Waals surface area contributed by atoms with Gasteiger partial charge in [-0.3, -0.25) is 0 Å². The van der Waals surface area contributed by atoms with Gasteiger partial charge in [0.2, 0.25) is 4.96 Å². The fourth-order valence-corrected chi connectivity index (χ4v) is 2.09. The molecule has 0 bridgehead atoms. The topological polar surface area (TPSA) is 67.5 Å². The summed E-state index contributed by atoms with van der Waals surface area (Å²) in [4.78, 5) is 15.7. The van der Waals surface area contributed by atoms with E-state index in [9.17, 15) is 4.79 Å². The zero-order valence-electron chi connectivity index (χ0n) is 7.11. The first-order valence-electron chi connectivity index (χ1n) is 3.65. The van der Waals surface area contributed by atoms with E-state index in [0.717, 1.165) is 11.3 Å². The van der Waals surface area contributed by atoms with E-state index in [2.05, 4.69) is 10.1 Å². The molecule has 68 valence electrons. The number of fused-ring (bicyclic) bond motifs is 1. The lowest BCUT2D eigenvalue weighted by Gasteiger charge is -1.89. The van der Waals surface area contributed by atoms with Crippen LogP contribution >= 0.6 is 11.3 Å².